The zero-order chi connectivity index (χ0) is 20.3. The molecule has 2 nitrogen and oxygen atoms in total. The number of piperidine rings is 1. The molecule has 2 aliphatic heterocycles. The molecule has 1 saturated heterocycles. The van der Waals surface area contributed by atoms with Crippen LogP contribution in [0.2, 0.25) is 0 Å². The van der Waals surface area contributed by atoms with E-state index >= 15 is 0 Å². The van der Waals surface area contributed by atoms with E-state index in [0.29, 0.717) is 12.0 Å². The lowest BCUT2D eigenvalue weighted by atomic mass is 9.71. The SMILES string of the molecule is Cc1ccccc1[C@@]1(O)CCN2C[C@@H]3c4ccccc4CCc4cccc(c43)[C@H]2C1.Cl. The number of aryl methyl sites for hydroxylation is 3. The molecule has 0 bridgehead atoms. The molecule has 160 valence electrons. The largest absolute Gasteiger partial charge is 0.385 e. The molecule has 1 fully saturated rings. The van der Waals surface area contributed by atoms with Crippen molar-refractivity contribution in [3.63, 3.8) is 0 Å². The van der Waals surface area contributed by atoms with Crippen LogP contribution in [0, 0.1) is 6.92 Å². The Kier molecular flexibility index (Phi) is 5.21. The highest BCUT2D eigenvalue weighted by molar-refractivity contribution is 5.85. The van der Waals surface area contributed by atoms with Gasteiger partial charge in [0.25, 0.3) is 0 Å². The Hall–Kier alpha value is -2.13. The van der Waals surface area contributed by atoms with Gasteiger partial charge in [-0.05, 0) is 65.1 Å². The number of hydrogen-bond donors (Lipinski definition) is 1. The Labute approximate surface area is 191 Å². The third-order valence-electron chi connectivity index (χ3n) is 7.88. The molecule has 3 atom stereocenters. The van der Waals surface area contributed by atoms with Gasteiger partial charge in [0.15, 0.2) is 0 Å². The first-order valence-electron chi connectivity index (χ1n) is 11.4. The smallest absolute Gasteiger partial charge is 0.0929 e. The maximum absolute atomic E-state index is 11.8. The van der Waals surface area contributed by atoms with Crippen LogP contribution in [-0.4, -0.2) is 23.1 Å². The summed E-state index contributed by atoms with van der Waals surface area (Å²) in [6.07, 6.45) is 3.83. The Morgan fingerprint density at radius 2 is 1.58 bits per heavy atom. The summed E-state index contributed by atoms with van der Waals surface area (Å²) in [6.45, 7) is 4.13. The molecular weight excluding hydrogens is 402 g/mol. The third kappa shape index (κ3) is 3.24. The Morgan fingerprint density at radius 1 is 0.871 bits per heavy atom. The first-order valence-corrected chi connectivity index (χ1v) is 11.4. The van der Waals surface area contributed by atoms with Crippen LogP contribution in [0.3, 0.4) is 0 Å². The van der Waals surface area contributed by atoms with E-state index in [2.05, 4.69) is 78.6 Å². The van der Waals surface area contributed by atoms with Crippen molar-refractivity contribution >= 4 is 12.4 Å². The number of nitrogens with zero attached hydrogens (tertiary/aromatic N) is 1. The van der Waals surface area contributed by atoms with E-state index < -0.39 is 5.60 Å². The number of hydrogen-bond acceptors (Lipinski definition) is 2. The lowest BCUT2D eigenvalue weighted by Gasteiger charge is -2.50. The molecule has 31 heavy (non-hydrogen) atoms. The van der Waals surface area contributed by atoms with Crippen molar-refractivity contribution in [2.75, 3.05) is 13.1 Å². The summed E-state index contributed by atoms with van der Waals surface area (Å²) >= 11 is 0. The van der Waals surface area contributed by atoms with Crippen molar-refractivity contribution in [1.82, 2.24) is 4.90 Å². The highest BCUT2D eigenvalue weighted by atomic mass is 35.5. The van der Waals surface area contributed by atoms with E-state index in [-0.39, 0.29) is 12.4 Å². The quantitative estimate of drug-likeness (QED) is 0.535. The van der Waals surface area contributed by atoms with Crippen LogP contribution in [0.4, 0.5) is 0 Å². The molecule has 1 N–H and O–H groups in total. The maximum Gasteiger partial charge on any atom is 0.0929 e. The highest BCUT2D eigenvalue weighted by Gasteiger charge is 2.45. The van der Waals surface area contributed by atoms with Gasteiger partial charge >= 0.3 is 0 Å². The minimum absolute atomic E-state index is 0. The summed E-state index contributed by atoms with van der Waals surface area (Å²) in [6, 6.07) is 24.6. The van der Waals surface area contributed by atoms with Crippen LogP contribution in [-0.2, 0) is 18.4 Å². The zero-order valence-electron chi connectivity index (χ0n) is 18.1. The Bertz CT molecular complexity index is 1130. The third-order valence-corrected chi connectivity index (χ3v) is 7.88. The molecule has 0 unspecified atom stereocenters. The normalized spacial score (nSPS) is 26.6. The topological polar surface area (TPSA) is 23.5 Å². The molecule has 0 radical (unpaired) electrons. The van der Waals surface area contributed by atoms with E-state index in [1.807, 2.05) is 0 Å². The molecule has 0 aromatic heterocycles. The second-order valence-corrected chi connectivity index (χ2v) is 9.48. The molecular formula is C28H30ClNO. The number of halogens is 1. The fourth-order valence-corrected chi connectivity index (χ4v) is 6.42. The van der Waals surface area contributed by atoms with E-state index in [1.165, 1.54) is 27.8 Å². The van der Waals surface area contributed by atoms with Gasteiger partial charge in [0.2, 0.25) is 0 Å². The van der Waals surface area contributed by atoms with Gasteiger partial charge in [-0.2, -0.15) is 0 Å². The minimum Gasteiger partial charge on any atom is -0.385 e. The van der Waals surface area contributed by atoms with Crippen molar-refractivity contribution in [2.24, 2.45) is 0 Å². The molecule has 1 aliphatic carbocycles. The zero-order valence-corrected chi connectivity index (χ0v) is 18.9. The van der Waals surface area contributed by atoms with Crippen LogP contribution >= 0.6 is 12.4 Å². The number of fused-ring (bicyclic) bond motifs is 4. The van der Waals surface area contributed by atoms with Crippen LogP contribution < -0.4 is 0 Å². The number of aliphatic hydroxyl groups is 1. The van der Waals surface area contributed by atoms with E-state index in [1.54, 1.807) is 5.56 Å². The summed E-state index contributed by atoms with van der Waals surface area (Å²) in [7, 11) is 0. The van der Waals surface area contributed by atoms with Crippen LogP contribution in [0.15, 0.2) is 66.7 Å². The van der Waals surface area contributed by atoms with Crippen molar-refractivity contribution in [3.8, 4) is 0 Å². The average Bonchev–Trinajstić information content (AvgIpc) is 2.93. The first kappa shape index (κ1) is 20.8. The van der Waals surface area contributed by atoms with Gasteiger partial charge in [0.05, 0.1) is 5.60 Å². The van der Waals surface area contributed by atoms with Gasteiger partial charge in [-0.1, -0.05) is 66.7 Å². The second-order valence-electron chi connectivity index (χ2n) is 9.48. The van der Waals surface area contributed by atoms with E-state index in [0.717, 1.165) is 44.3 Å². The van der Waals surface area contributed by atoms with E-state index in [4.69, 9.17) is 0 Å². The van der Waals surface area contributed by atoms with Crippen molar-refractivity contribution in [2.45, 2.75) is 50.2 Å². The second kappa shape index (κ2) is 7.78. The summed E-state index contributed by atoms with van der Waals surface area (Å²) in [4.78, 5) is 2.64. The van der Waals surface area contributed by atoms with Gasteiger partial charge in [-0.15, -0.1) is 12.4 Å². The molecule has 0 spiro atoms. The summed E-state index contributed by atoms with van der Waals surface area (Å²) in [5.41, 5.74) is 9.11. The summed E-state index contributed by atoms with van der Waals surface area (Å²) < 4.78 is 0. The molecule has 3 aliphatic rings. The van der Waals surface area contributed by atoms with Crippen molar-refractivity contribution in [3.05, 3.63) is 106 Å². The molecule has 3 aromatic carbocycles. The van der Waals surface area contributed by atoms with Crippen molar-refractivity contribution in [1.29, 1.82) is 0 Å². The molecule has 6 rings (SSSR count). The predicted molar refractivity (Wildman–Crippen MR) is 128 cm³/mol. The molecule has 3 aromatic rings. The lowest BCUT2D eigenvalue weighted by molar-refractivity contribution is -0.0575. The lowest BCUT2D eigenvalue weighted by Crippen LogP contribution is -2.48. The monoisotopic (exact) mass is 431 g/mol. The summed E-state index contributed by atoms with van der Waals surface area (Å²) in [5.74, 6) is 0.454. The van der Waals surface area contributed by atoms with Gasteiger partial charge in [0, 0.05) is 31.5 Å². The first-order chi connectivity index (χ1) is 14.6. The standard InChI is InChI=1S/C28H29NO.ClH/c1-19-7-2-5-12-25(19)28(30)15-16-29-18-24-22-10-4-3-8-20(22)13-14-21-9-6-11-23(27(21)24)26(29)17-28;/h2-12,24,26,30H,13-18H2,1H3;1H/t24-,26-,28-;/m1./s1. The Balaban J connectivity index is 0.00000204. The summed E-state index contributed by atoms with van der Waals surface area (Å²) in [5, 5.41) is 11.8. The molecule has 3 heteroatoms. The van der Waals surface area contributed by atoms with Gasteiger partial charge in [-0.25, -0.2) is 0 Å². The fraction of sp³-hybridized carbons (Fsp3) is 0.357. The van der Waals surface area contributed by atoms with Crippen LogP contribution in [0.25, 0.3) is 0 Å². The minimum atomic E-state index is -0.745. The molecule has 0 amide bonds. The van der Waals surface area contributed by atoms with Gasteiger partial charge in [0.1, 0.15) is 0 Å². The van der Waals surface area contributed by atoms with Gasteiger partial charge < -0.3 is 5.11 Å². The predicted octanol–water partition coefficient (Wildman–Crippen LogP) is 5.69. The van der Waals surface area contributed by atoms with Gasteiger partial charge in [-0.3, -0.25) is 4.90 Å². The highest BCUT2D eigenvalue weighted by Crippen LogP contribution is 2.50. The van der Waals surface area contributed by atoms with E-state index in [9.17, 15) is 5.11 Å². The van der Waals surface area contributed by atoms with Crippen molar-refractivity contribution < 1.29 is 5.11 Å². The average molecular weight is 432 g/mol. The Morgan fingerprint density at radius 3 is 2.45 bits per heavy atom. The number of rotatable bonds is 1. The number of benzene rings is 3. The van der Waals surface area contributed by atoms with Crippen LogP contribution in [0.5, 0.6) is 0 Å². The maximum atomic E-state index is 11.8. The molecule has 0 saturated carbocycles. The van der Waals surface area contributed by atoms with Crippen LogP contribution in [0.1, 0.15) is 63.7 Å². The molecule has 2 heterocycles. The fourth-order valence-electron chi connectivity index (χ4n) is 6.42.